The quantitative estimate of drug-likeness (QED) is 0.799. The normalized spacial score (nSPS) is 27.8. The number of piperidine rings is 2. The van der Waals surface area contributed by atoms with E-state index in [0.29, 0.717) is 19.6 Å². The first kappa shape index (κ1) is 16.2. The van der Waals surface area contributed by atoms with E-state index in [0.717, 1.165) is 38.6 Å². The zero-order valence-corrected chi connectivity index (χ0v) is 13.4. The summed E-state index contributed by atoms with van der Waals surface area (Å²) in [6, 6.07) is 0.0962. The summed E-state index contributed by atoms with van der Waals surface area (Å²) < 4.78 is 34.3. The molecule has 2 saturated heterocycles. The molecule has 0 radical (unpaired) electrons. The van der Waals surface area contributed by atoms with Crippen LogP contribution in [0.3, 0.4) is 0 Å². The number of rotatable bonds is 5. The van der Waals surface area contributed by atoms with Crippen molar-refractivity contribution in [2.45, 2.75) is 44.2 Å². The number of likely N-dealkylation sites (N-methyl/N-ethyl adjacent to an activating group) is 1. The van der Waals surface area contributed by atoms with Gasteiger partial charge in [0.25, 0.3) is 10.2 Å². The third-order valence-electron chi connectivity index (χ3n) is 4.37. The zero-order chi connectivity index (χ0) is 14.6. The third-order valence-corrected chi connectivity index (χ3v) is 6.46. The van der Waals surface area contributed by atoms with Gasteiger partial charge in [-0.25, -0.2) is 0 Å². The lowest BCUT2D eigenvalue weighted by molar-refractivity contribution is 0.0582. The van der Waals surface area contributed by atoms with Gasteiger partial charge in [0.2, 0.25) is 0 Å². The molecule has 0 aromatic carbocycles. The summed E-state index contributed by atoms with van der Waals surface area (Å²) in [6.45, 7) is 2.53. The van der Waals surface area contributed by atoms with Crippen molar-refractivity contribution in [1.29, 1.82) is 0 Å². The Hall–Kier alpha value is -0.210. The first-order chi connectivity index (χ1) is 9.59. The van der Waals surface area contributed by atoms with Crippen LogP contribution in [0.15, 0.2) is 0 Å². The second-order valence-corrected chi connectivity index (χ2v) is 7.54. The Morgan fingerprint density at radius 3 is 2.45 bits per heavy atom. The molecule has 0 aromatic rings. The Morgan fingerprint density at radius 1 is 1.15 bits per heavy atom. The van der Waals surface area contributed by atoms with Crippen LogP contribution < -0.4 is 5.32 Å². The molecule has 1 atom stereocenters. The van der Waals surface area contributed by atoms with E-state index in [4.69, 9.17) is 4.74 Å². The molecule has 2 fully saturated rings. The van der Waals surface area contributed by atoms with E-state index in [2.05, 4.69) is 5.32 Å². The van der Waals surface area contributed by atoms with Gasteiger partial charge in [-0.05, 0) is 32.7 Å². The van der Waals surface area contributed by atoms with Crippen molar-refractivity contribution in [2.75, 3.05) is 40.3 Å². The van der Waals surface area contributed by atoms with Gasteiger partial charge in [-0.15, -0.1) is 0 Å². The molecular formula is C13H27N3O3S. The van der Waals surface area contributed by atoms with Gasteiger partial charge in [-0.3, -0.25) is 0 Å². The maximum Gasteiger partial charge on any atom is 0.282 e. The summed E-state index contributed by atoms with van der Waals surface area (Å²) in [6.07, 6.45) is 4.82. The Bertz CT molecular complexity index is 392. The first-order valence-corrected chi connectivity index (χ1v) is 8.93. The fourth-order valence-electron chi connectivity index (χ4n) is 3.16. The summed E-state index contributed by atoms with van der Waals surface area (Å²) in [5, 5.41) is 3.11. The van der Waals surface area contributed by atoms with E-state index in [1.165, 1.54) is 0 Å². The number of nitrogens with zero attached hydrogens (tertiary/aromatic N) is 2. The molecule has 2 heterocycles. The maximum absolute atomic E-state index is 12.8. The molecule has 0 aliphatic carbocycles. The maximum atomic E-state index is 12.8. The van der Waals surface area contributed by atoms with Crippen LogP contribution in [-0.4, -0.2) is 69.5 Å². The Kier molecular flexibility index (Phi) is 5.80. The largest absolute Gasteiger partial charge is 0.381 e. The Balaban J connectivity index is 2.04. The molecule has 118 valence electrons. The highest BCUT2D eigenvalue weighted by Gasteiger charge is 2.37. The molecule has 0 aromatic heterocycles. The second kappa shape index (κ2) is 7.17. The number of hydrogen-bond acceptors (Lipinski definition) is 4. The van der Waals surface area contributed by atoms with Crippen LogP contribution in [0.1, 0.15) is 32.1 Å². The first-order valence-electron chi connectivity index (χ1n) is 7.54. The van der Waals surface area contributed by atoms with Crippen molar-refractivity contribution in [3.63, 3.8) is 0 Å². The second-order valence-electron chi connectivity index (χ2n) is 5.66. The topological polar surface area (TPSA) is 61.9 Å². The average Bonchev–Trinajstić information content (AvgIpc) is 2.48. The number of hydrogen-bond donors (Lipinski definition) is 1. The molecule has 0 bridgehead atoms. The van der Waals surface area contributed by atoms with Crippen LogP contribution in [0.4, 0.5) is 0 Å². The van der Waals surface area contributed by atoms with Crippen molar-refractivity contribution in [1.82, 2.24) is 13.9 Å². The molecule has 2 aliphatic rings. The summed E-state index contributed by atoms with van der Waals surface area (Å²) >= 11 is 0. The van der Waals surface area contributed by atoms with Crippen LogP contribution in [0, 0.1) is 0 Å². The number of ether oxygens (including phenoxy) is 1. The van der Waals surface area contributed by atoms with Gasteiger partial charge in [-0.1, -0.05) is 6.42 Å². The third kappa shape index (κ3) is 3.51. The van der Waals surface area contributed by atoms with Gasteiger partial charge in [-0.2, -0.15) is 17.0 Å². The van der Waals surface area contributed by atoms with Crippen molar-refractivity contribution in [2.24, 2.45) is 0 Å². The molecule has 0 saturated carbocycles. The Morgan fingerprint density at radius 2 is 1.85 bits per heavy atom. The van der Waals surface area contributed by atoms with E-state index in [1.54, 1.807) is 15.7 Å². The molecule has 0 amide bonds. The SMILES string of the molecule is CNCC1CCCCN1S(=O)(=O)N1CCC(OC)CC1. The highest BCUT2D eigenvalue weighted by molar-refractivity contribution is 7.86. The van der Waals surface area contributed by atoms with E-state index in [1.807, 2.05) is 7.05 Å². The van der Waals surface area contributed by atoms with Gasteiger partial charge in [0.05, 0.1) is 6.10 Å². The molecule has 0 spiro atoms. The molecule has 6 nitrogen and oxygen atoms in total. The average molecular weight is 305 g/mol. The number of nitrogens with one attached hydrogen (secondary N) is 1. The van der Waals surface area contributed by atoms with Gasteiger partial charge in [0, 0.05) is 39.3 Å². The minimum absolute atomic E-state index is 0.0962. The molecule has 2 aliphatic heterocycles. The van der Waals surface area contributed by atoms with E-state index in [9.17, 15) is 8.42 Å². The molecule has 1 unspecified atom stereocenters. The predicted octanol–water partition coefficient (Wildman–Crippen LogP) is 0.416. The lowest BCUT2D eigenvalue weighted by atomic mass is 10.1. The summed E-state index contributed by atoms with van der Waals surface area (Å²) in [4.78, 5) is 0. The van der Waals surface area contributed by atoms with Gasteiger partial charge < -0.3 is 10.1 Å². The number of methoxy groups -OCH3 is 1. The van der Waals surface area contributed by atoms with Crippen LogP contribution in [0.2, 0.25) is 0 Å². The van der Waals surface area contributed by atoms with Crippen molar-refractivity contribution in [3.8, 4) is 0 Å². The summed E-state index contributed by atoms with van der Waals surface area (Å²) in [7, 11) is 0.258. The lowest BCUT2D eigenvalue weighted by Gasteiger charge is -2.40. The van der Waals surface area contributed by atoms with E-state index < -0.39 is 10.2 Å². The minimum atomic E-state index is -3.32. The van der Waals surface area contributed by atoms with Gasteiger partial charge >= 0.3 is 0 Å². The molecular weight excluding hydrogens is 278 g/mol. The molecule has 2 rings (SSSR count). The molecule has 7 heteroatoms. The summed E-state index contributed by atoms with van der Waals surface area (Å²) in [5.74, 6) is 0. The van der Waals surface area contributed by atoms with Crippen molar-refractivity contribution < 1.29 is 13.2 Å². The predicted molar refractivity (Wildman–Crippen MR) is 78.8 cm³/mol. The van der Waals surface area contributed by atoms with Crippen LogP contribution in [0.25, 0.3) is 0 Å². The highest BCUT2D eigenvalue weighted by atomic mass is 32.2. The minimum Gasteiger partial charge on any atom is -0.381 e. The van der Waals surface area contributed by atoms with Crippen LogP contribution in [0.5, 0.6) is 0 Å². The fourth-order valence-corrected chi connectivity index (χ4v) is 5.05. The monoisotopic (exact) mass is 305 g/mol. The summed E-state index contributed by atoms with van der Waals surface area (Å²) in [5.41, 5.74) is 0. The van der Waals surface area contributed by atoms with Gasteiger partial charge in [0.15, 0.2) is 0 Å². The fraction of sp³-hybridized carbons (Fsp3) is 1.00. The van der Waals surface area contributed by atoms with Crippen LogP contribution in [-0.2, 0) is 14.9 Å². The zero-order valence-electron chi connectivity index (χ0n) is 12.5. The van der Waals surface area contributed by atoms with Crippen LogP contribution >= 0.6 is 0 Å². The molecule has 20 heavy (non-hydrogen) atoms. The van der Waals surface area contributed by atoms with E-state index >= 15 is 0 Å². The molecule has 1 N–H and O–H groups in total. The Labute approximate surface area is 122 Å². The van der Waals surface area contributed by atoms with Gasteiger partial charge in [0.1, 0.15) is 0 Å². The van der Waals surface area contributed by atoms with E-state index in [-0.39, 0.29) is 12.1 Å². The lowest BCUT2D eigenvalue weighted by Crippen LogP contribution is -2.55. The van der Waals surface area contributed by atoms with Crippen molar-refractivity contribution in [3.05, 3.63) is 0 Å². The standard InChI is InChI=1S/C13H27N3O3S/c1-14-11-12-5-3-4-8-16(12)20(17,18)15-9-6-13(19-2)7-10-15/h12-14H,3-11H2,1-2H3. The highest BCUT2D eigenvalue weighted by Crippen LogP contribution is 2.25. The smallest absolute Gasteiger partial charge is 0.282 e. The van der Waals surface area contributed by atoms with Crippen molar-refractivity contribution >= 4 is 10.2 Å².